The van der Waals surface area contributed by atoms with E-state index in [9.17, 15) is 20.2 Å². The van der Waals surface area contributed by atoms with Crippen molar-refractivity contribution in [2.75, 3.05) is 0 Å². The van der Waals surface area contributed by atoms with Gasteiger partial charge in [-0.25, -0.2) is 0 Å². The van der Waals surface area contributed by atoms with Crippen LogP contribution in [0.25, 0.3) is 33.1 Å². The van der Waals surface area contributed by atoms with Crippen molar-refractivity contribution >= 4 is 33.2 Å². The van der Waals surface area contributed by atoms with Gasteiger partial charge in [-0.3, -0.25) is 25.2 Å². The molecule has 2 aromatic carbocycles. The molecule has 0 saturated heterocycles. The van der Waals surface area contributed by atoms with Crippen LogP contribution in [0.4, 0.5) is 11.4 Å². The van der Waals surface area contributed by atoms with Crippen molar-refractivity contribution in [2.24, 2.45) is 0 Å². The van der Waals surface area contributed by atoms with Crippen LogP contribution in [-0.2, 0) is 0 Å². The number of nitrogens with one attached hydrogen (secondary N) is 1. The summed E-state index contributed by atoms with van der Waals surface area (Å²) in [5.41, 5.74) is 2.86. The van der Waals surface area contributed by atoms with Gasteiger partial charge in [0.1, 0.15) is 0 Å². The van der Waals surface area contributed by atoms with Crippen LogP contribution in [-0.4, -0.2) is 19.8 Å². The first-order valence-electron chi connectivity index (χ1n) is 7.34. The van der Waals surface area contributed by atoms with E-state index in [1.165, 1.54) is 24.3 Å². The smallest absolute Gasteiger partial charge is 0.270 e. The van der Waals surface area contributed by atoms with Gasteiger partial charge in [0.25, 0.3) is 11.4 Å². The zero-order chi connectivity index (χ0) is 17.6. The monoisotopic (exact) mass is 334 g/mol. The molecule has 0 bridgehead atoms. The van der Waals surface area contributed by atoms with Crippen LogP contribution in [0.3, 0.4) is 0 Å². The molecule has 0 saturated carbocycles. The van der Waals surface area contributed by atoms with Gasteiger partial charge in [-0.1, -0.05) is 0 Å². The van der Waals surface area contributed by atoms with E-state index in [0.29, 0.717) is 5.69 Å². The second kappa shape index (κ2) is 5.38. The molecule has 122 valence electrons. The Hall–Kier alpha value is -3.81. The summed E-state index contributed by atoms with van der Waals surface area (Å²) in [4.78, 5) is 28.5. The molecular weight excluding hydrogens is 324 g/mol. The van der Waals surface area contributed by atoms with Gasteiger partial charge in [-0.05, 0) is 24.3 Å². The van der Waals surface area contributed by atoms with Gasteiger partial charge < -0.3 is 4.98 Å². The molecule has 0 unspecified atom stereocenters. The summed E-state index contributed by atoms with van der Waals surface area (Å²) in [6.07, 6.45) is 1.62. The van der Waals surface area contributed by atoms with Crippen molar-refractivity contribution in [3.05, 3.63) is 75.0 Å². The summed E-state index contributed by atoms with van der Waals surface area (Å²) in [5, 5.41) is 23.3. The number of nitrogens with zero attached hydrogens (tertiary/aromatic N) is 3. The lowest BCUT2D eigenvalue weighted by atomic mass is 10.1. The minimum Gasteiger partial charge on any atom is -0.353 e. The van der Waals surface area contributed by atoms with Gasteiger partial charge in [0.05, 0.1) is 21.1 Å². The number of nitro groups is 2. The van der Waals surface area contributed by atoms with E-state index in [4.69, 9.17) is 0 Å². The molecule has 4 rings (SSSR count). The highest BCUT2D eigenvalue weighted by atomic mass is 16.6. The Kier molecular flexibility index (Phi) is 3.17. The summed E-state index contributed by atoms with van der Waals surface area (Å²) in [7, 11) is 0. The first-order valence-corrected chi connectivity index (χ1v) is 7.34. The maximum atomic E-state index is 11.0. The van der Waals surface area contributed by atoms with Crippen molar-refractivity contribution in [2.45, 2.75) is 0 Å². The van der Waals surface area contributed by atoms with Crippen molar-refractivity contribution < 1.29 is 9.85 Å². The SMILES string of the molecule is O=[N+]([O-])c1ccc(-c2nccc3c2[nH]c2ccc([N+](=O)[O-])cc23)cc1. The number of benzene rings is 2. The van der Waals surface area contributed by atoms with Crippen LogP contribution in [0, 0.1) is 20.2 Å². The minimum absolute atomic E-state index is 0.00296. The maximum Gasteiger partial charge on any atom is 0.270 e. The Labute approximate surface area is 140 Å². The average molecular weight is 334 g/mol. The molecule has 8 heteroatoms. The van der Waals surface area contributed by atoms with E-state index < -0.39 is 9.85 Å². The first kappa shape index (κ1) is 14.8. The Bertz CT molecular complexity index is 1150. The van der Waals surface area contributed by atoms with Crippen molar-refractivity contribution in [1.29, 1.82) is 0 Å². The molecule has 0 atom stereocenters. The topological polar surface area (TPSA) is 115 Å². The molecule has 0 aliphatic rings. The highest BCUT2D eigenvalue weighted by Gasteiger charge is 2.15. The second-order valence-electron chi connectivity index (χ2n) is 5.50. The van der Waals surface area contributed by atoms with Crippen LogP contribution in [0.15, 0.2) is 54.7 Å². The van der Waals surface area contributed by atoms with E-state index in [1.807, 2.05) is 0 Å². The minimum atomic E-state index is -0.458. The van der Waals surface area contributed by atoms with E-state index in [0.717, 1.165) is 27.4 Å². The van der Waals surface area contributed by atoms with Gasteiger partial charge >= 0.3 is 0 Å². The fourth-order valence-corrected chi connectivity index (χ4v) is 2.88. The van der Waals surface area contributed by atoms with Crippen LogP contribution in [0.1, 0.15) is 0 Å². The molecule has 4 aromatic rings. The van der Waals surface area contributed by atoms with Gasteiger partial charge in [-0.15, -0.1) is 0 Å². The zero-order valence-corrected chi connectivity index (χ0v) is 12.7. The first-order chi connectivity index (χ1) is 12.0. The highest BCUT2D eigenvalue weighted by Crippen LogP contribution is 2.33. The molecule has 25 heavy (non-hydrogen) atoms. The van der Waals surface area contributed by atoms with Gasteiger partial charge in [0.15, 0.2) is 0 Å². The number of fused-ring (bicyclic) bond motifs is 3. The summed E-state index contributed by atoms with van der Waals surface area (Å²) >= 11 is 0. The average Bonchev–Trinajstić information content (AvgIpc) is 2.99. The number of pyridine rings is 1. The van der Waals surface area contributed by atoms with Gasteiger partial charge in [-0.2, -0.15) is 0 Å². The third-order valence-corrected chi connectivity index (χ3v) is 4.07. The molecule has 1 N–H and O–H groups in total. The van der Waals surface area contributed by atoms with E-state index in [1.54, 1.807) is 30.5 Å². The molecule has 0 aliphatic heterocycles. The Morgan fingerprint density at radius 2 is 1.52 bits per heavy atom. The Balaban J connectivity index is 1.94. The number of hydrogen-bond acceptors (Lipinski definition) is 5. The third-order valence-electron chi connectivity index (χ3n) is 4.07. The number of H-pyrrole nitrogens is 1. The van der Waals surface area contributed by atoms with Crippen LogP contribution in [0.5, 0.6) is 0 Å². The zero-order valence-electron chi connectivity index (χ0n) is 12.7. The van der Waals surface area contributed by atoms with Crippen molar-refractivity contribution in [1.82, 2.24) is 9.97 Å². The molecule has 0 fully saturated rings. The molecule has 0 spiro atoms. The number of hydrogen-bond donors (Lipinski definition) is 1. The molecule has 2 heterocycles. The number of aromatic nitrogens is 2. The molecule has 8 nitrogen and oxygen atoms in total. The van der Waals surface area contributed by atoms with E-state index >= 15 is 0 Å². The molecular formula is C17H10N4O4. The number of rotatable bonds is 3. The summed E-state index contributed by atoms with van der Waals surface area (Å²) < 4.78 is 0. The predicted molar refractivity (Wildman–Crippen MR) is 92.3 cm³/mol. The number of nitro benzene ring substituents is 2. The summed E-state index contributed by atoms with van der Waals surface area (Å²) in [6, 6.07) is 12.5. The number of aromatic amines is 1. The largest absolute Gasteiger partial charge is 0.353 e. The fourth-order valence-electron chi connectivity index (χ4n) is 2.88. The van der Waals surface area contributed by atoms with Crippen LogP contribution in [0.2, 0.25) is 0 Å². The second-order valence-corrected chi connectivity index (χ2v) is 5.50. The summed E-state index contributed by atoms with van der Waals surface area (Å²) in [6.45, 7) is 0. The predicted octanol–water partition coefficient (Wildman–Crippen LogP) is 4.20. The lowest BCUT2D eigenvalue weighted by molar-refractivity contribution is -0.385. The maximum absolute atomic E-state index is 11.0. The molecule has 0 amide bonds. The number of non-ortho nitro benzene ring substituents is 2. The lowest BCUT2D eigenvalue weighted by Gasteiger charge is -2.02. The van der Waals surface area contributed by atoms with Gasteiger partial charge in [0, 0.05) is 52.3 Å². The standard InChI is InChI=1S/C17H10N4O4/c22-20(23)11-3-1-10(2-4-11)16-17-13(7-8-18-16)14-9-12(21(24)25)5-6-15(14)19-17/h1-9,19H. The van der Waals surface area contributed by atoms with Crippen LogP contribution < -0.4 is 0 Å². The van der Waals surface area contributed by atoms with Crippen LogP contribution >= 0.6 is 0 Å². The molecule has 0 radical (unpaired) electrons. The quantitative estimate of drug-likeness (QED) is 0.445. The van der Waals surface area contributed by atoms with Crippen molar-refractivity contribution in [3.8, 4) is 11.3 Å². The lowest BCUT2D eigenvalue weighted by Crippen LogP contribution is -1.89. The van der Waals surface area contributed by atoms with Gasteiger partial charge in [0.2, 0.25) is 0 Å². The normalized spacial score (nSPS) is 11.0. The van der Waals surface area contributed by atoms with E-state index in [-0.39, 0.29) is 11.4 Å². The summed E-state index contributed by atoms with van der Waals surface area (Å²) in [5.74, 6) is 0. The van der Waals surface area contributed by atoms with E-state index in [2.05, 4.69) is 9.97 Å². The third kappa shape index (κ3) is 2.36. The Morgan fingerprint density at radius 1 is 0.840 bits per heavy atom. The molecule has 0 aliphatic carbocycles. The fraction of sp³-hybridized carbons (Fsp3) is 0. The Morgan fingerprint density at radius 3 is 2.20 bits per heavy atom. The molecule has 2 aromatic heterocycles. The van der Waals surface area contributed by atoms with Crippen molar-refractivity contribution in [3.63, 3.8) is 0 Å². The highest BCUT2D eigenvalue weighted by molar-refractivity contribution is 6.11.